The van der Waals surface area contributed by atoms with Crippen molar-refractivity contribution in [2.75, 3.05) is 11.2 Å². The Bertz CT molecular complexity index is 688. The van der Waals surface area contributed by atoms with Crippen molar-refractivity contribution in [3.63, 3.8) is 0 Å². The number of nitrogens with zero attached hydrogens (tertiary/aromatic N) is 4. The first-order chi connectivity index (χ1) is 10.7. The van der Waals surface area contributed by atoms with Crippen molar-refractivity contribution in [2.45, 2.75) is 56.9 Å². The zero-order valence-corrected chi connectivity index (χ0v) is 14.8. The Labute approximate surface area is 139 Å². The first-order valence-electron chi connectivity index (χ1n) is 7.34. The fourth-order valence-corrected chi connectivity index (χ4v) is 2.83. The van der Waals surface area contributed by atoms with E-state index in [1.807, 2.05) is 27.7 Å². The maximum absolute atomic E-state index is 12.4. The van der Waals surface area contributed by atoms with Gasteiger partial charge >= 0.3 is 0 Å². The second-order valence-electron chi connectivity index (χ2n) is 6.25. The van der Waals surface area contributed by atoms with E-state index < -0.39 is 0 Å². The van der Waals surface area contributed by atoms with Crippen LogP contribution in [0.15, 0.2) is 15.7 Å². The number of hydrogen-bond donors (Lipinski definition) is 2. The lowest BCUT2D eigenvalue weighted by molar-refractivity contribution is -0.115. The van der Waals surface area contributed by atoms with Crippen LogP contribution < -0.4 is 11.2 Å². The summed E-state index contributed by atoms with van der Waals surface area (Å²) in [5, 5.41) is 14.9. The molecule has 3 N–H and O–H groups in total. The SMILES string of the molecule is CCC(Sc1nnc(C(C)(C)C)n1N)C(=O)Nc1cc(C)on1. The molecule has 0 bridgehead atoms. The average molecular weight is 338 g/mol. The smallest absolute Gasteiger partial charge is 0.239 e. The molecule has 0 saturated carbocycles. The van der Waals surface area contributed by atoms with Crippen molar-refractivity contribution in [1.82, 2.24) is 20.0 Å². The van der Waals surface area contributed by atoms with Crippen LogP contribution in [0.5, 0.6) is 0 Å². The van der Waals surface area contributed by atoms with Crippen LogP contribution in [0.3, 0.4) is 0 Å². The van der Waals surface area contributed by atoms with E-state index in [0.717, 1.165) is 0 Å². The van der Waals surface area contributed by atoms with Crippen LogP contribution >= 0.6 is 11.8 Å². The van der Waals surface area contributed by atoms with E-state index in [-0.39, 0.29) is 16.6 Å². The third-order valence-electron chi connectivity index (χ3n) is 3.13. The standard InChI is InChI=1S/C14H22N6O2S/c1-6-9(11(21)16-10-7-8(2)22-19-10)23-13-18-17-12(20(13)15)14(3,4)5/h7,9H,6,15H2,1-5H3,(H,16,19,21). The molecule has 0 saturated heterocycles. The first kappa shape index (κ1) is 17.3. The fraction of sp³-hybridized carbons (Fsp3) is 0.571. The summed E-state index contributed by atoms with van der Waals surface area (Å²) in [4.78, 5) is 12.4. The molecule has 2 rings (SSSR count). The van der Waals surface area contributed by atoms with Gasteiger partial charge in [0.1, 0.15) is 5.76 Å². The van der Waals surface area contributed by atoms with Crippen LogP contribution in [0.25, 0.3) is 0 Å². The molecule has 23 heavy (non-hydrogen) atoms. The number of thioether (sulfide) groups is 1. The van der Waals surface area contributed by atoms with Gasteiger partial charge in [-0.2, -0.15) is 0 Å². The highest BCUT2D eigenvalue weighted by molar-refractivity contribution is 8.00. The Hall–Kier alpha value is -2.03. The number of rotatable bonds is 5. The zero-order valence-electron chi connectivity index (χ0n) is 14.0. The van der Waals surface area contributed by atoms with Gasteiger partial charge in [-0.25, -0.2) is 4.68 Å². The van der Waals surface area contributed by atoms with Crippen molar-refractivity contribution in [3.8, 4) is 0 Å². The minimum atomic E-state index is -0.355. The molecule has 1 amide bonds. The van der Waals surface area contributed by atoms with Crippen molar-refractivity contribution < 1.29 is 9.32 Å². The molecular formula is C14H22N6O2S. The minimum absolute atomic E-state index is 0.175. The van der Waals surface area contributed by atoms with Gasteiger partial charge in [-0.3, -0.25) is 4.79 Å². The van der Waals surface area contributed by atoms with E-state index in [1.54, 1.807) is 13.0 Å². The number of nitrogens with one attached hydrogen (secondary N) is 1. The zero-order chi connectivity index (χ0) is 17.2. The molecule has 0 spiro atoms. The van der Waals surface area contributed by atoms with E-state index >= 15 is 0 Å². The fourth-order valence-electron chi connectivity index (χ4n) is 1.95. The number of hydrogen-bond acceptors (Lipinski definition) is 7. The highest BCUT2D eigenvalue weighted by Gasteiger charge is 2.26. The van der Waals surface area contributed by atoms with Crippen molar-refractivity contribution >= 4 is 23.5 Å². The number of aryl methyl sites for hydroxylation is 1. The Balaban J connectivity index is 2.10. The van der Waals surface area contributed by atoms with Gasteiger partial charge in [0.2, 0.25) is 11.1 Å². The Kier molecular flexibility index (Phi) is 4.98. The molecule has 2 heterocycles. The summed E-state index contributed by atoms with van der Waals surface area (Å²) in [5.74, 6) is 7.59. The summed E-state index contributed by atoms with van der Waals surface area (Å²) < 4.78 is 6.38. The second kappa shape index (κ2) is 6.61. The van der Waals surface area contributed by atoms with Crippen molar-refractivity contribution in [3.05, 3.63) is 17.7 Å². The summed E-state index contributed by atoms with van der Waals surface area (Å²) in [6.45, 7) is 9.70. The van der Waals surface area contributed by atoms with Gasteiger partial charge in [0.05, 0.1) is 5.25 Å². The Morgan fingerprint density at radius 3 is 2.65 bits per heavy atom. The normalized spacial score (nSPS) is 13.1. The molecule has 0 aliphatic carbocycles. The van der Waals surface area contributed by atoms with Crippen LogP contribution in [0.1, 0.15) is 45.7 Å². The molecule has 2 aromatic rings. The summed E-state index contributed by atoms with van der Waals surface area (Å²) >= 11 is 1.28. The first-order valence-corrected chi connectivity index (χ1v) is 8.22. The Morgan fingerprint density at radius 1 is 1.48 bits per heavy atom. The molecule has 0 radical (unpaired) electrons. The number of amides is 1. The lowest BCUT2D eigenvalue weighted by atomic mass is 9.96. The minimum Gasteiger partial charge on any atom is -0.360 e. The summed E-state index contributed by atoms with van der Waals surface area (Å²) in [7, 11) is 0. The van der Waals surface area contributed by atoms with Crippen LogP contribution in [0.4, 0.5) is 5.82 Å². The maximum Gasteiger partial charge on any atom is 0.239 e. The Morgan fingerprint density at radius 2 is 2.17 bits per heavy atom. The van der Waals surface area contributed by atoms with Crippen LogP contribution in [-0.2, 0) is 10.2 Å². The molecule has 1 atom stereocenters. The number of anilines is 1. The molecule has 1 unspecified atom stereocenters. The average Bonchev–Trinajstić information content (AvgIpc) is 3.01. The third-order valence-corrected chi connectivity index (χ3v) is 4.45. The van der Waals surface area contributed by atoms with E-state index in [4.69, 9.17) is 10.4 Å². The molecular weight excluding hydrogens is 316 g/mol. The number of carbonyl (C=O) groups excluding carboxylic acids is 1. The number of nitrogen functional groups attached to an aromatic ring is 1. The largest absolute Gasteiger partial charge is 0.360 e. The lowest BCUT2D eigenvalue weighted by Gasteiger charge is -2.17. The van der Waals surface area contributed by atoms with Gasteiger partial charge in [0.25, 0.3) is 0 Å². The molecule has 0 aromatic carbocycles. The van der Waals surface area contributed by atoms with Gasteiger partial charge in [0, 0.05) is 11.5 Å². The predicted molar refractivity (Wildman–Crippen MR) is 88.7 cm³/mol. The molecule has 8 nitrogen and oxygen atoms in total. The predicted octanol–water partition coefficient (Wildman–Crippen LogP) is 2.10. The number of nitrogens with two attached hydrogens (primary N) is 1. The molecule has 0 aliphatic rings. The second-order valence-corrected chi connectivity index (χ2v) is 7.42. The summed E-state index contributed by atoms with van der Waals surface area (Å²) in [5.41, 5.74) is -0.219. The maximum atomic E-state index is 12.4. The van der Waals surface area contributed by atoms with Crippen molar-refractivity contribution in [1.29, 1.82) is 0 Å². The number of aromatic nitrogens is 4. The van der Waals surface area contributed by atoms with Crippen LogP contribution in [-0.4, -0.2) is 31.2 Å². The van der Waals surface area contributed by atoms with E-state index in [9.17, 15) is 4.79 Å². The van der Waals surface area contributed by atoms with Crippen molar-refractivity contribution in [2.24, 2.45) is 0 Å². The monoisotopic (exact) mass is 338 g/mol. The molecule has 126 valence electrons. The highest BCUT2D eigenvalue weighted by Crippen LogP contribution is 2.27. The summed E-state index contributed by atoms with van der Waals surface area (Å²) in [6, 6.07) is 1.67. The van der Waals surface area contributed by atoms with E-state index in [2.05, 4.69) is 20.7 Å². The third kappa shape index (κ3) is 4.04. The molecule has 0 aliphatic heterocycles. The molecule has 2 aromatic heterocycles. The van der Waals surface area contributed by atoms with Gasteiger partial charge in [-0.15, -0.1) is 10.2 Å². The number of carbonyl (C=O) groups is 1. The van der Waals surface area contributed by atoms with Gasteiger partial charge in [-0.1, -0.05) is 44.6 Å². The van der Waals surface area contributed by atoms with Gasteiger partial charge in [0.15, 0.2) is 11.6 Å². The molecule has 0 fully saturated rings. The van der Waals surface area contributed by atoms with E-state index in [0.29, 0.717) is 29.0 Å². The topological polar surface area (TPSA) is 112 Å². The summed E-state index contributed by atoms with van der Waals surface area (Å²) in [6.07, 6.45) is 0.616. The van der Waals surface area contributed by atoms with Gasteiger partial charge < -0.3 is 15.7 Å². The van der Waals surface area contributed by atoms with Crippen LogP contribution in [0.2, 0.25) is 0 Å². The van der Waals surface area contributed by atoms with Crippen LogP contribution in [0, 0.1) is 6.92 Å². The van der Waals surface area contributed by atoms with Gasteiger partial charge in [-0.05, 0) is 13.3 Å². The molecule has 9 heteroatoms. The quantitative estimate of drug-likeness (QED) is 0.634. The lowest BCUT2D eigenvalue weighted by Crippen LogP contribution is -2.27. The van der Waals surface area contributed by atoms with E-state index in [1.165, 1.54) is 16.4 Å². The highest BCUT2D eigenvalue weighted by atomic mass is 32.2.